The van der Waals surface area contributed by atoms with Crippen molar-refractivity contribution in [3.63, 3.8) is 0 Å². The molecule has 1 N–H and O–H groups in total. The van der Waals surface area contributed by atoms with Gasteiger partial charge in [-0.05, 0) is 78.1 Å². The summed E-state index contributed by atoms with van der Waals surface area (Å²) in [5, 5.41) is 6.89. The highest BCUT2D eigenvalue weighted by Gasteiger charge is 2.18. The Kier molecular flexibility index (Phi) is 21.2. The zero-order chi connectivity index (χ0) is 28.8. The van der Waals surface area contributed by atoms with Gasteiger partial charge < -0.3 is 14.6 Å². The van der Waals surface area contributed by atoms with E-state index in [9.17, 15) is 0 Å². The van der Waals surface area contributed by atoms with E-state index >= 15 is 0 Å². The van der Waals surface area contributed by atoms with Crippen LogP contribution in [0.3, 0.4) is 0 Å². The Hall–Kier alpha value is -3.34. The van der Waals surface area contributed by atoms with Crippen LogP contribution in [0.25, 0.3) is 5.57 Å². The second-order valence-electron chi connectivity index (χ2n) is 7.62. The average molecular weight is 512 g/mol. The van der Waals surface area contributed by atoms with Crippen LogP contribution < -0.4 is 4.74 Å². The molecule has 2 aromatic rings. The minimum atomic E-state index is -0.250. The Morgan fingerprint density at radius 2 is 1.70 bits per heavy atom. The van der Waals surface area contributed by atoms with Crippen LogP contribution >= 0.6 is 0 Å². The Labute approximate surface area is 226 Å². The number of pyridine rings is 1. The number of aromatic nitrogens is 1. The van der Waals surface area contributed by atoms with Crippen molar-refractivity contribution in [3.05, 3.63) is 88.8 Å². The normalized spacial score (nSPS) is 13.1. The molecule has 1 unspecified atom stereocenters. The standard InChI is InChI=1S/C25H29NO2.3C2H6.CH2O2/c1-6-7-21(12-19(4)27-5)24-13-20(9-8-18(24)3)16-28-25-14-22-10-17(2)11-23(22)15-26-25;3*1-2;2-1-3/h6-9,12-15,17H,4,10-11,16H2,1-3,5H3;3*1-2H3;1H,(H,2,3)/b7-6-,21-12+;;;;. The van der Waals surface area contributed by atoms with Gasteiger partial charge in [0.2, 0.25) is 5.88 Å². The highest BCUT2D eigenvalue weighted by molar-refractivity contribution is 5.77. The van der Waals surface area contributed by atoms with Crippen molar-refractivity contribution >= 4 is 12.0 Å². The van der Waals surface area contributed by atoms with Gasteiger partial charge in [0, 0.05) is 12.3 Å². The summed E-state index contributed by atoms with van der Waals surface area (Å²) in [5.74, 6) is 2.03. The largest absolute Gasteiger partial charge is 0.497 e. The van der Waals surface area contributed by atoms with Crippen molar-refractivity contribution in [3.8, 4) is 5.88 Å². The van der Waals surface area contributed by atoms with E-state index in [4.69, 9.17) is 19.4 Å². The van der Waals surface area contributed by atoms with Gasteiger partial charge in [0.15, 0.2) is 0 Å². The van der Waals surface area contributed by atoms with Crippen LogP contribution in [0.5, 0.6) is 5.88 Å². The molecule has 5 heteroatoms. The molecule has 1 heterocycles. The summed E-state index contributed by atoms with van der Waals surface area (Å²) in [4.78, 5) is 12.8. The minimum Gasteiger partial charge on any atom is -0.497 e. The number of ether oxygens (including phenoxy) is 2. The molecule has 37 heavy (non-hydrogen) atoms. The average Bonchev–Trinajstić information content (AvgIpc) is 3.31. The smallest absolute Gasteiger partial charge is 0.290 e. The molecular weight excluding hydrogens is 462 g/mol. The van der Waals surface area contributed by atoms with E-state index in [0.29, 0.717) is 24.2 Å². The molecule has 1 aliphatic rings. The van der Waals surface area contributed by atoms with Crippen molar-refractivity contribution < 1.29 is 19.4 Å². The zero-order valence-electron chi connectivity index (χ0n) is 24.7. The predicted molar refractivity (Wildman–Crippen MR) is 158 cm³/mol. The third-order valence-corrected chi connectivity index (χ3v) is 5.12. The molecule has 0 amide bonds. The monoisotopic (exact) mass is 511 g/mol. The van der Waals surface area contributed by atoms with Crippen LogP contribution in [0.4, 0.5) is 0 Å². The van der Waals surface area contributed by atoms with E-state index in [1.165, 1.54) is 16.7 Å². The maximum absolute atomic E-state index is 8.36. The topological polar surface area (TPSA) is 68.7 Å². The number of hydrogen-bond donors (Lipinski definition) is 1. The molecular formula is C32H49NO4. The first-order chi connectivity index (χ1) is 17.9. The van der Waals surface area contributed by atoms with Crippen molar-refractivity contribution in [2.75, 3.05) is 7.11 Å². The van der Waals surface area contributed by atoms with E-state index in [1.807, 2.05) is 66.8 Å². The number of benzene rings is 1. The van der Waals surface area contributed by atoms with Crippen LogP contribution in [0.2, 0.25) is 0 Å². The Morgan fingerprint density at radius 3 is 2.27 bits per heavy atom. The molecule has 1 aromatic heterocycles. The molecule has 0 bridgehead atoms. The SMILES string of the molecule is C=C(/C=C(\C=C/C)c1cc(COc2cc3c(cn2)CC(C)C3)ccc1C)OC.CC.CC.CC.O=CO. The van der Waals surface area contributed by atoms with Gasteiger partial charge in [-0.1, -0.05) is 79.3 Å². The van der Waals surface area contributed by atoms with Crippen LogP contribution in [-0.2, 0) is 29.0 Å². The fraction of sp³-hybridized carbons (Fsp3) is 0.438. The van der Waals surface area contributed by atoms with Gasteiger partial charge in [0.05, 0.1) is 7.11 Å². The van der Waals surface area contributed by atoms with E-state index in [0.717, 1.165) is 29.5 Å². The molecule has 0 spiro atoms. The van der Waals surface area contributed by atoms with Crippen molar-refractivity contribution in [2.45, 2.75) is 81.8 Å². The second kappa shape index (κ2) is 21.9. The van der Waals surface area contributed by atoms with Gasteiger partial charge in [-0.3, -0.25) is 4.79 Å². The molecule has 1 atom stereocenters. The molecule has 3 rings (SSSR count). The lowest BCUT2D eigenvalue weighted by molar-refractivity contribution is -0.122. The van der Waals surface area contributed by atoms with Crippen LogP contribution in [0.1, 0.15) is 83.2 Å². The Morgan fingerprint density at radius 1 is 1.11 bits per heavy atom. The fourth-order valence-electron chi connectivity index (χ4n) is 3.63. The van der Waals surface area contributed by atoms with E-state index in [1.54, 1.807) is 7.11 Å². The summed E-state index contributed by atoms with van der Waals surface area (Å²) < 4.78 is 11.2. The number of fused-ring (bicyclic) bond motifs is 1. The maximum Gasteiger partial charge on any atom is 0.290 e. The van der Waals surface area contributed by atoms with Crippen LogP contribution in [-0.4, -0.2) is 23.7 Å². The van der Waals surface area contributed by atoms with Crippen LogP contribution in [0, 0.1) is 12.8 Å². The summed E-state index contributed by atoms with van der Waals surface area (Å²) in [5.41, 5.74) is 7.25. The maximum atomic E-state index is 8.36. The van der Waals surface area contributed by atoms with Gasteiger partial charge in [-0.25, -0.2) is 4.98 Å². The number of rotatable bonds is 7. The molecule has 0 fully saturated rings. The first-order valence-corrected chi connectivity index (χ1v) is 13.3. The molecule has 5 nitrogen and oxygen atoms in total. The van der Waals surface area contributed by atoms with Crippen molar-refractivity contribution in [2.24, 2.45) is 5.92 Å². The predicted octanol–water partition coefficient (Wildman–Crippen LogP) is 8.60. The van der Waals surface area contributed by atoms with Gasteiger partial charge in [0.25, 0.3) is 6.47 Å². The Balaban J connectivity index is 0. The Bertz CT molecular complexity index is 977. The molecule has 0 saturated heterocycles. The first kappa shape index (κ1) is 35.8. The third kappa shape index (κ3) is 13.0. The van der Waals surface area contributed by atoms with Gasteiger partial charge in [-0.2, -0.15) is 0 Å². The first-order valence-electron chi connectivity index (χ1n) is 13.3. The number of nitrogens with zero attached hydrogens (tertiary/aromatic N) is 1. The van der Waals surface area contributed by atoms with E-state index in [-0.39, 0.29) is 6.47 Å². The van der Waals surface area contributed by atoms with Gasteiger partial charge in [-0.15, -0.1) is 0 Å². The van der Waals surface area contributed by atoms with Crippen molar-refractivity contribution in [1.82, 2.24) is 4.98 Å². The quantitative estimate of drug-likeness (QED) is 0.229. The lowest BCUT2D eigenvalue weighted by Gasteiger charge is -2.12. The number of carbonyl (C=O) groups is 1. The number of methoxy groups -OCH3 is 1. The third-order valence-electron chi connectivity index (χ3n) is 5.12. The molecule has 1 aliphatic carbocycles. The van der Waals surface area contributed by atoms with Gasteiger partial charge >= 0.3 is 0 Å². The van der Waals surface area contributed by atoms with Crippen molar-refractivity contribution in [1.29, 1.82) is 0 Å². The van der Waals surface area contributed by atoms with Gasteiger partial charge in [0.1, 0.15) is 12.4 Å². The summed E-state index contributed by atoms with van der Waals surface area (Å²) in [7, 11) is 1.63. The minimum absolute atomic E-state index is 0.250. The number of hydrogen-bond acceptors (Lipinski definition) is 4. The fourth-order valence-corrected chi connectivity index (χ4v) is 3.63. The summed E-state index contributed by atoms with van der Waals surface area (Å²) in [6.45, 7) is 22.5. The van der Waals surface area contributed by atoms with E-state index in [2.05, 4.69) is 55.8 Å². The molecule has 0 aliphatic heterocycles. The lowest BCUT2D eigenvalue weighted by atomic mass is 9.97. The molecule has 1 aromatic carbocycles. The zero-order valence-corrected chi connectivity index (χ0v) is 24.7. The second-order valence-corrected chi connectivity index (χ2v) is 7.62. The molecule has 0 radical (unpaired) electrons. The highest BCUT2D eigenvalue weighted by atomic mass is 16.5. The lowest BCUT2D eigenvalue weighted by Crippen LogP contribution is -2.00. The summed E-state index contributed by atoms with van der Waals surface area (Å²) in [6, 6.07) is 8.49. The summed E-state index contributed by atoms with van der Waals surface area (Å²) >= 11 is 0. The van der Waals surface area contributed by atoms with E-state index < -0.39 is 0 Å². The number of carboxylic acid groups (broad SMARTS) is 1. The summed E-state index contributed by atoms with van der Waals surface area (Å²) in [6.07, 6.45) is 10.3. The highest BCUT2D eigenvalue weighted by Crippen LogP contribution is 2.28. The number of aryl methyl sites for hydroxylation is 1. The number of allylic oxidation sites excluding steroid dienone is 4. The molecule has 0 saturated carbocycles. The molecule has 206 valence electrons. The van der Waals surface area contributed by atoms with Crippen LogP contribution in [0.15, 0.2) is 61.0 Å².